The third-order valence-electron chi connectivity index (χ3n) is 3.48. The van der Waals surface area contributed by atoms with Crippen molar-refractivity contribution in [3.63, 3.8) is 0 Å². The molecule has 2 atom stereocenters. The number of nitrogen functional groups attached to an aromatic ring is 1. The number of hydrogen-bond donors (Lipinski definition) is 4. The molecule has 2 rings (SSSR count). The first-order valence-corrected chi connectivity index (χ1v) is 6.58. The van der Waals surface area contributed by atoms with Crippen LogP contribution in [0.1, 0.15) is 42.5 Å². The molecule has 1 saturated carbocycles. The Morgan fingerprint density at radius 3 is 2.84 bits per heavy atom. The van der Waals surface area contributed by atoms with Gasteiger partial charge in [-0.15, -0.1) is 0 Å². The van der Waals surface area contributed by atoms with Crippen LogP contribution in [0.3, 0.4) is 0 Å². The number of carbonyl (C=O) groups excluding carboxylic acids is 1. The van der Waals surface area contributed by atoms with Crippen LogP contribution in [-0.4, -0.2) is 28.1 Å². The molecule has 1 aliphatic rings. The van der Waals surface area contributed by atoms with Crippen molar-refractivity contribution < 1.29 is 9.90 Å². The number of anilines is 2. The van der Waals surface area contributed by atoms with E-state index in [1.807, 2.05) is 0 Å². The number of aliphatic hydroxyl groups excluding tert-OH is 1. The van der Waals surface area contributed by atoms with Crippen LogP contribution in [0.4, 0.5) is 11.5 Å². The number of nitrogens with one attached hydrogen (secondary N) is 1. The van der Waals surface area contributed by atoms with Crippen molar-refractivity contribution in [2.24, 2.45) is 5.73 Å². The Balaban J connectivity index is 2.19. The van der Waals surface area contributed by atoms with Gasteiger partial charge in [-0.1, -0.05) is 19.3 Å². The average molecular weight is 264 g/mol. The van der Waals surface area contributed by atoms with Gasteiger partial charge < -0.3 is 21.9 Å². The predicted molar refractivity (Wildman–Crippen MR) is 73.7 cm³/mol. The summed E-state index contributed by atoms with van der Waals surface area (Å²) < 4.78 is 0. The van der Waals surface area contributed by atoms with E-state index in [4.69, 9.17) is 11.5 Å². The first kappa shape index (κ1) is 13.6. The zero-order valence-electron chi connectivity index (χ0n) is 10.8. The first-order valence-electron chi connectivity index (χ1n) is 6.58. The summed E-state index contributed by atoms with van der Waals surface area (Å²) in [6.45, 7) is 0. The zero-order valence-corrected chi connectivity index (χ0v) is 10.8. The number of pyridine rings is 1. The molecule has 0 radical (unpaired) electrons. The number of aromatic nitrogens is 1. The van der Waals surface area contributed by atoms with E-state index >= 15 is 0 Å². The molecule has 2 unspecified atom stereocenters. The van der Waals surface area contributed by atoms with Gasteiger partial charge in [0.25, 0.3) is 5.91 Å². The summed E-state index contributed by atoms with van der Waals surface area (Å²) in [6, 6.07) is 1.40. The highest BCUT2D eigenvalue weighted by molar-refractivity contribution is 5.98. The molecule has 1 heterocycles. The number of carbonyl (C=O) groups is 1. The lowest BCUT2D eigenvalue weighted by Gasteiger charge is -2.23. The van der Waals surface area contributed by atoms with Crippen LogP contribution in [0.25, 0.3) is 0 Å². The van der Waals surface area contributed by atoms with Gasteiger partial charge in [0.1, 0.15) is 5.82 Å². The molecule has 6 heteroatoms. The Kier molecular flexibility index (Phi) is 4.21. The van der Waals surface area contributed by atoms with Gasteiger partial charge in [0.15, 0.2) is 0 Å². The molecular formula is C13H20N4O2. The molecule has 0 aliphatic heterocycles. The van der Waals surface area contributed by atoms with E-state index in [1.54, 1.807) is 0 Å². The lowest BCUT2D eigenvalue weighted by molar-refractivity contribution is 0.1000. The number of primary amides is 1. The second-order valence-corrected chi connectivity index (χ2v) is 4.99. The molecule has 0 spiro atoms. The largest absolute Gasteiger partial charge is 0.397 e. The molecule has 104 valence electrons. The van der Waals surface area contributed by atoms with Gasteiger partial charge in [-0.3, -0.25) is 4.79 Å². The quantitative estimate of drug-likeness (QED) is 0.605. The predicted octanol–water partition coefficient (Wildman–Crippen LogP) is 0.868. The number of hydrogen-bond acceptors (Lipinski definition) is 5. The van der Waals surface area contributed by atoms with E-state index in [0.29, 0.717) is 11.5 Å². The summed E-state index contributed by atoms with van der Waals surface area (Å²) >= 11 is 0. The van der Waals surface area contributed by atoms with Crippen molar-refractivity contribution in [1.29, 1.82) is 0 Å². The zero-order chi connectivity index (χ0) is 13.8. The SMILES string of the molecule is NC(=O)c1cc(N)cnc1NC1CCCCCC1O. The topological polar surface area (TPSA) is 114 Å². The van der Waals surface area contributed by atoms with Crippen LogP contribution in [0, 0.1) is 0 Å². The van der Waals surface area contributed by atoms with E-state index in [0.717, 1.165) is 32.1 Å². The summed E-state index contributed by atoms with van der Waals surface area (Å²) in [5.41, 5.74) is 11.6. The van der Waals surface area contributed by atoms with Crippen molar-refractivity contribution in [1.82, 2.24) is 4.98 Å². The van der Waals surface area contributed by atoms with Gasteiger partial charge in [0.2, 0.25) is 0 Å². The Bertz CT molecular complexity index is 464. The summed E-state index contributed by atoms with van der Waals surface area (Å²) in [5.74, 6) is -0.182. The fourth-order valence-electron chi connectivity index (χ4n) is 2.42. The number of aliphatic hydroxyl groups is 1. The number of nitrogens with two attached hydrogens (primary N) is 2. The number of rotatable bonds is 3. The van der Waals surface area contributed by atoms with Gasteiger partial charge in [0.05, 0.1) is 29.6 Å². The number of amides is 1. The summed E-state index contributed by atoms with van der Waals surface area (Å²) in [5, 5.41) is 13.2. The monoisotopic (exact) mass is 264 g/mol. The molecule has 6 nitrogen and oxygen atoms in total. The minimum Gasteiger partial charge on any atom is -0.397 e. The Morgan fingerprint density at radius 1 is 1.37 bits per heavy atom. The van der Waals surface area contributed by atoms with Crippen molar-refractivity contribution in [2.75, 3.05) is 11.1 Å². The maximum atomic E-state index is 11.4. The normalized spacial score (nSPS) is 23.6. The van der Waals surface area contributed by atoms with Crippen LogP contribution in [-0.2, 0) is 0 Å². The van der Waals surface area contributed by atoms with Crippen molar-refractivity contribution in [3.8, 4) is 0 Å². The smallest absolute Gasteiger partial charge is 0.252 e. The standard InChI is InChI=1S/C13H20N4O2/c14-8-6-9(12(15)19)13(16-7-8)17-10-4-2-1-3-5-11(10)18/h6-7,10-11,18H,1-5,14H2,(H2,15,19)(H,16,17). The van der Waals surface area contributed by atoms with Gasteiger partial charge in [-0.05, 0) is 18.9 Å². The van der Waals surface area contributed by atoms with E-state index in [1.165, 1.54) is 12.3 Å². The molecule has 6 N–H and O–H groups in total. The number of nitrogens with zero attached hydrogens (tertiary/aromatic N) is 1. The third kappa shape index (κ3) is 3.35. The highest BCUT2D eigenvalue weighted by Gasteiger charge is 2.23. The van der Waals surface area contributed by atoms with Crippen LogP contribution < -0.4 is 16.8 Å². The average Bonchev–Trinajstić information content (AvgIpc) is 2.57. The fraction of sp³-hybridized carbons (Fsp3) is 0.538. The van der Waals surface area contributed by atoms with E-state index in [9.17, 15) is 9.90 Å². The summed E-state index contributed by atoms with van der Waals surface area (Å²) in [7, 11) is 0. The third-order valence-corrected chi connectivity index (χ3v) is 3.48. The van der Waals surface area contributed by atoms with Crippen molar-refractivity contribution in [3.05, 3.63) is 17.8 Å². The molecule has 19 heavy (non-hydrogen) atoms. The Hall–Kier alpha value is -1.82. The minimum atomic E-state index is -0.578. The molecule has 1 aromatic heterocycles. The lowest BCUT2D eigenvalue weighted by Crippen LogP contribution is -2.33. The van der Waals surface area contributed by atoms with Gasteiger partial charge in [-0.2, -0.15) is 0 Å². The van der Waals surface area contributed by atoms with Gasteiger partial charge >= 0.3 is 0 Å². The van der Waals surface area contributed by atoms with Gasteiger partial charge in [0, 0.05) is 0 Å². The highest BCUT2D eigenvalue weighted by Crippen LogP contribution is 2.23. The fourth-order valence-corrected chi connectivity index (χ4v) is 2.42. The van der Waals surface area contributed by atoms with E-state index in [-0.39, 0.29) is 11.6 Å². The van der Waals surface area contributed by atoms with Crippen LogP contribution >= 0.6 is 0 Å². The molecule has 1 aromatic rings. The maximum absolute atomic E-state index is 11.4. The highest BCUT2D eigenvalue weighted by atomic mass is 16.3. The molecule has 0 saturated heterocycles. The van der Waals surface area contributed by atoms with Crippen molar-refractivity contribution in [2.45, 2.75) is 44.2 Å². The minimum absolute atomic E-state index is 0.100. The maximum Gasteiger partial charge on any atom is 0.252 e. The summed E-state index contributed by atoms with van der Waals surface area (Å²) in [4.78, 5) is 15.5. The molecule has 0 aromatic carbocycles. The second-order valence-electron chi connectivity index (χ2n) is 4.99. The van der Waals surface area contributed by atoms with E-state index < -0.39 is 12.0 Å². The molecule has 1 amide bonds. The Labute approximate surface area is 112 Å². The van der Waals surface area contributed by atoms with Crippen LogP contribution in [0.2, 0.25) is 0 Å². The van der Waals surface area contributed by atoms with Crippen LogP contribution in [0.15, 0.2) is 12.3 Å². The van der Waals surface area contributed by atoms with Crippen molar-refractivity contribution >= 4 is 17.4 Å². The van der Waals surface area contributed by atoms with Crippen LogP contribution in [0.5, 0.6) is 0 Å². The first-order chi connectivity index (χ1) is 9.08. The Morgan fingerprint density at radius 2 is 2.11 bits per heavy atom. The summed E-state index contributed by atoms with van der Waals surface area (Å²) in [6.07, 6.45) is 5.85. The molecule has 1 fully saturated rings. The molecular weight excluding hydrogens is 244 g/mol. The van der Waals surface area contributed by atoms with E-state index in [2.05, 4.69) is 10.3 Å². The molecule has 0 bridgehead atoms. The lowest BCUT2D eigenvalue weighted by atomic mass is 10.1. The molecule has 1 aliphatic carbocycles. The second kappa shape index (κ2) is 5.88. The van der Waals surface area contributed by atoms with Gasteiger partial charge in [-0.25, -0.2) is 4.98 Å².